The van der Waals surface area contributed by atoms with E-state index in [2.05, 4.69) is 5.32 Å². The first kappa shape index (κ1) is 17.4. The van der Waals surface area contributed by atoms with Gasteiger partial charge >= 0.3 is 0 Å². The van der Waals surface area contributed by atoms with Gasteiger partial charge in [0.15, 0.2) is 0 Å². The molecule has 0 bridgehead atoms. The number of rotatable bonds is 2. The maximum absolute atomic E-state index is 13.7. The van der Waals surface area contributed by atoms with E-state index in [0.29, 0.717) is 32.0 Å². The Bertz CT molecular complexity index is 603. The van der Waals surface area contributed by atoms with Gasteiger partial charge < -0.3 is 10.2 Å². The number of nitrogens with one attached hydrogen (secondary N) is 1. The summed E-state index contributed by atoms with van der Waals surface area (Å²) in [5.41, 5.74) is -0.426. The standard InChI is InChI=1S/C17H22F2N2O2/c1-17(2,3)20-15(22)11-6-8-21(9-7-11)16(23)13-5-4-12(18)10-14(13)19/h4-5,10-11H,6-9H2,1-3H3,(H,20,22). The second-order valence-electron chi connectivity index (χ2n) is 6.93. The number of carbonyl (C=O) groups excluding carboxylic acids is 2. The second kappa shape index (κ2) is 6.64. The van der Waals surface area contributed by atoms with Gasteiger partial charge in [0.05, 0.1) is 5.56 Å². The van der Waals surface area contributed by atoms with Gasteiger partial charge in [0.2, 0.25) is 5.91 Å². The highest BCUT2D eigenvalue weighted by atomic mass is 19.1. The van der Waals surface area contributed by atoms with Crippen LogP contribution >= 0.6 is 0 Å². The molecule has 0 unspecified atom stereocenters. The molecular formula is C17H22F2N2O2. The molecule has 126 valence electrons. The first-order valence-electron chi connectivity index (χ1n) is 7.74. The van der Waals surface area contributed by atoms with E-state index >= 15 is 0 Å². The van der Waals surface area contributed by atoms with Gasteiger partial charge in [-0.1, -0.05) is 0 Å². The zero-order valence-corrected chi connectivity index (χ0v) is 13.7. The Hall–Kier alpha value is -1.98. The highest BCUT2D eigenvalue weighted by Gasteiger charge is 2.30. The van der Waals surface area contributed by atoms with Crippen molar-refractivity contribution in [3.05, 3.63) is 35.4 Å². The van der Waals surface area contributed by atoms with Crippen LogP contribution in [0.1, 0.15) is 44.0 Å². The van der Waals surface area contributed by atoms with Gasteiger partial charge in [0, 0.05) is 30.6 Å². The van der Waals surface area contributed by atoms with Crippen molar-refractivity contribution in [3.8, 4) is 0 Å². The molecular weight excluding hydrogens is 302 g/mol. The molecule has 1 fully saturated rings. The van der Waals surface area contributed by atoms with E-state index in [4.69, 9.17) is 0 Å². The molecule has 2 rings (SSSR count). The summed E-state index contributed by atoms with van der Waals surface area (Å²) in [6.07, 6.45) is 1.08. The molecule has 1 heterocycles. The van der Waals surface area contributed by atoms with Crippen LogP contribution in [0.15, 0.2) is 18.2 Å². The molecule has 0 saturated carbocycles. The van der Waals surface area contributed by atoms with Crippen molar-refractivity contribution in [2.75, 3.05) is 13.1 Å². The minimum atomic E-state index is -0.859. The number of hydrogen-bond acceptors (Lipinski definition) is 2. The highest BCUT2D eigenvalue weighted by molar-refractivity contribution is 5.94. The Labute approximate surface area is 134 Å². The second-order valence-corrected chi connectivity index (χ2v) is 6.93. The van der Waals surface area contributed by atoms with Crippen LogP contribution in [0.2, 0.25) is 0 Å². The lowest BCUT2D eigenvalue weighted by molar-refractivity contribution is -0.127. The largest absolute Gasteiger partial charge is 0.351 e. The van der Waals surface area contributed by atoms with Crippen LogP contribution in [-0.2, 0) is 4.79 Å². The Morgan fingerprint density at radius 3 is 2.30 bits per heavy atom. The van der Waals surface area contributed by atoms with Crippen molar-refractivity contribution in [1.29, 1.82) is 0 Å². The summed E-state index contributed by atoms with van der Waals surface area (Å²) in [6.45, 7) is 6.53. The maximum Gasteiger partial charge on any atom is 0.256 e. The molecule has 1 saturated heterocycles. The molecule has 2 amide bonds. The number of benzene rings is 1. The van der Waals surface area contributed by atoms with Crippen LogP contribution in [0.25, 0.3) is 0 Å². The Morgan fingerprint density at radius 1 is 1.17 bits per heavy atom. The fourth-order valence-electron chi connectivity index (χ4n) is 2.65. The summed E-state index contributed by atoms with van der Waals surface area (Å²) >= 11 is 0. The number of nitrogens with zero attached hydrogens (tertiary/aromatic N) is 1. The lowest BCUT2D eigenvalue weighted by Gasteiger charge is -2.33. The van der Waals surface area contributed by atoms with Crippen molar-refractivity contribution in [2.45, 2.75) is 39.2 Å². The van der Waals surface area contributed by atoms with Crippen LogP contribution in [-0.4, -0.2) is 35.3 Å². The number of amides is 2. The molecule has 1 aliphatic heterocycles. The molecule has 1 aromatic rings. The smallest absolute Gasteiger partial charge is 0.256 e. The van der Waals surface area contributed by atoms with Crippen molar-refractivity contribution in [2.24, 2.45) is 5.92 Å². The molecule has 4 nitrogen and oxygen atoms in total. The lowest BCUT2D eigenvalue weighted by atomic mass is 9.94. The summed E-state index contributed by atoms with van der Waals surface area (Å²) in [6, 6.07) is 2.93. The van der Waals surface area contributed by atoms with Crippen molar-refractivity contribution in [1.82, 2.24) is 10.2 Å². The fourth-order valence-corrected chi connectivity index (χ4v) is 2.65. The van der Waals surface area contributed by atoms with E-state index in [0.717, 1.165) is 12.1 Å². The van der Waals surface area contributed by atoms with Crippen LogP contribution in [0.4, 0.5) is 8.78 Å². The molecule has 1 aliphatic rings. The van der Waals surface area contributed by atoms with Crippen molar-refractivity contribution < 1.29 is 18.4 Å². The van der Waals surface area contributed by atoms with Gasteiger partial charge in [-0.2, -0.15) is 0 Å². The Morgan fingerprint density at radius 2 is 1.78 bits per heavy atom. The van der Waals surface area contributed by atoms with E-state index in [1.165, 1.54) is 4.90 Å². The number of piperidine rings is 1. The molecule has 23 heavy (non-hydrogen) atoms. The van der Waals surface area contributed by atoms with E-state index in [-0.39, 0.29) is 22.9 Å². The van der Waals surface area contributed by atoms with Gasteiger partial charge in [-0.15, -0.1) is 0 Å². The van der Waals surface area contributed by atoms with E-state index < -0.39 is 17.5 Å². The first-order chi connectivity index (χ1) is 10.7. The molecule has 0 aromatic heterocycles. The van der Waals surface area contributed by atoms with Crippen LogP contribution < -0.4 is 5.32 Å². The minimum Gasteiger partial charge on any atom is -0.351 e. The number of halogens is 2. The van der Waals surface area contributed by atoms with Crippen LogP contribution in [0, 0.1) is 17.6 Å². The molecule has 1 aromatic carbocycles. The van der Waals surface area contributed by atoms with Gasteiger partial charge in [-0.3, -0.25) is 9.59 Å². The van der Waals surface area contributed by atoms with Gasteiger partial charge in [-0.25, -0.2) is 8.78 Å². The number of carbonyl (C=O) groups is 2. The quantitative estimate of drug-likeness (QED) is 0.909. The minimum absolute atomic E-state index is 0.0161. The van der Waals surface area contributed by atoms with E-state index in [9.17, 15) is 18.4 Å². The van der Waals surface area contributed by atoms with Crippen LogP contribution in [0.3, 0.4) is 0 Å². The molecule has 0 atom stereocenters. The van der Waals surface area contributed by atoms with E-state index in [1.54, 1.807) is 0 Å². The molecule has 6 heteroatoms. The number of hydrogen-bond donors (Lipinski definition) is 1. The summed E-state index contributed by atoms with van der Waals surface area (Å²) in [5, 5.41) is 2.94. The third-order valence-electron chi connectivity index (χ3n) is 3.81. The topological polar surface area (TPSA) is 49.4 Å². The molecule has 0 aliphatic carbocycles. The summed E-state index contributed by atoms with van der Waals surface area (Å²) in [7, 11) is 0. The molecule has 0 spiro atoms. The average molecular weight is 324 g/mol. The Kier molecular flexibility index (Phi) is 5.02. The zero-order valence-electron chi connectivity index (χ0n) is 13.7. The highest BCUT2D eigenvalue weighted by Crippen LogP contribution is 2.21. The Balaban J connectivity index is 1.96. The lowest BCUT2D eigenvalue weighted by Crippen LogP contribution is -2.48. The fraction of sp³-hybridized carbons (Fsp3) is 0.529. The summed E-state index contributed by atoms with van der Waals surface area (Å²) in [4.78, 5) is 25.9. The maximum atomic E-state index is 13.7. The summed E-state index contributed by atoms with van der Waals surface area (Å²) in [5.74, 6) is -2.19. The van der Waals surface area contributed by atoms with Crippen LogP contribution in [0.5, 0.6) is 0 Å². The van der Waals surface area contributed by atoms with Crippen molar-refractivity contribution in [3.63, 3.8) is 0 Å². The third kappa shape index (κ3) is 4.50. The summed E-state index contributed by atoms with van der Waals surface area (Å²) < 4.78 is 26.6. The van der Waals surface area contributed by atoms with Gasteiger partial charge in [-0.05, 0) is 45.7 Å². The SMILES string of the molecule is CC(C)(C)NC(=O)C1CCN(C(=O)c2ccc(F)cc2F)CC1. The zero-order chi connectivity index (χ0) is 17.2. The average Bonchev–Trinajstić information content (AvgIpc) is 2.45. The normalized spacial score (nSPS) is 16.3. The number of likely N-dealkylation sites (tertiary alicyclic amines) is 1. The first-order valence-corrected chi connectivity index (χ1v) is 7.74. The molecule has 1 N–H and O–H groups in total. The van der Waals surface area contributed by atoms with Crippen molar-refractivity contribution >= 4 is 11.8 Å². The van der Waals surface area contributed by atoms with E-state index in [1.807, 2.05) is 20.8 Å². The predicted molar refractivity (Wildman–Crippen MR) is 82.9 cm³/mol. The predicted octanol–water partition coefficient (Wildman–Crippen LogP) is 2.73. The third-order valence-corrected chi connectivity index (χ3v) is 3.81. The molecule has 0 radical (unpaired) electrons. The monoisotopic (exact) mass is 324 g/mol. The van der Waals surface area contributed by atoms with Gasteiger partial charge in [0.1, 0.15) is 11.6 Å². The van der Waals surface area contributed by atoms with Gasteiger partial charge in [0.25, 0.3) is 5.91 Å².